The molecular weight excluding hydrogens is 357 g/mol. The van der Waals surface area contributed by atoms with Gasteiger partial charge in [-0.3, -0.25) is 5.43 Å². The summed E-state index contributed by atoms with van der Waals surface area (Å²) in [4.78, 5) is 0.615. The lowest BCUT2D eigenvalue weighted by molar-refractivity contribution is 0.197. The van der Waals surface area contributed by atoms with Crippen LogP contribution in [-0.4, -0.2) is 33.3 Å². The molecule has 0 bridgehead atoms. The number of nitrogens with zero attached hydrogens (tertiary/aromatic N) is 2. The average molecular weight is 377 g/mol. The van der Waals surface area contributed by atoms with E-state index >= 15 is 0 Å². The highest BCUT2D eigenvalue weighted by molar-refractivity contribution is 7.89. The Bertz CT molecular complexity index is 755. The molecule has 0 saturated heterocycles. The van der Waals surface area contributed by atoms with Crippen molar-refractivity contribution >= 4 is 17.2 Å². The van der Waals surface area contributed by atoms with Gasteiger partial charge in [-0.25, -0.2) is 9.51 Å². The maximum Gasteiger partial charge on any atom is 0.173 e. The third-order valence-corrected chi connectivity index (χ3v) is 4.75. The van der Waals surface area contributed by atoms with Crippen molar-refractivity contribution in [2.75, 3.05) is 6.54 Å². The molecule has 7 nitrogen and oxygen atoms in total. The molecule has 0 radical (unpaired) electrons. The van der Waals surface area contributed by atoms with Crippen LogP contribution in [0.1, 0.15) is 18.1 Å². The number of rotatable bonds is 7. The van der Waals surface area contributed by atoms with E-state index in [0.717, 1.165) is 11.1 Å². The molecule has 0 fully saturated rings. The van der Waals surface area contributed by atoms with Crippen LogP contribution in [0.25, 0.3) is 0 Å². The highest BCUT2D eigenvalue weighted by Gasteiger charge is 2.17. The summed E-state index contributed by atoms with van der Waals surface area (Å²) in [6, 6.07) is 13.3. The second-order valence-electron chi connectivity index (χ2n) is 5.86. The minimum atomic E-state index is -1.38. The first-order valence-corrected chi connectivity index (χ1v) is 9.22. The van der Waals surface area contributed by atoms with E-state index in [2.05, 4.69) is 20.8 Å². The maximum absolute atomic E-state index is 13.0. The van der Waals surface area contributed by atoms with Gasteiger partial charge in [-0.1, -0.05) is 12.1 Å². The molecule has 0 aromatic heterocycles. The summed E-state index contributed by atoms with van der Waals surface area (Å²) >= 11 is -1.38. The molecule has 2 atom stereocenters. The van der Waals surface area contributed by atoms with Crippen molar-refractivity contribution in [1.82, 2.24) is 20.8 Å². The van der Waals surface area contributed by atoms with Crippen molar-refractivity contribution in [2.24, 2.45) is 5.10 Å². The van der Waals surface area contributed by atoms with Crippen LogP contribution in [0.2, 0.25) is 0 Å². The average Bonchev–Trinajstić information content (AvgIpc) is 3.10. The SMILES string of the molecule is C[C@H](O)CN[S+]([O-])c1ccc(C2=NN(Cc3ccc(F)cc3)NN2)cc1. The van der Waals surface area contributed by atoms with E-state index in [1.165, 1.54) is 12.1 Å². The predicted molar refractivity (Wildman–Crippen MR) is 97.3 cm³/mol. The molecule has 1 aliphatic rings. The van der Waals surface area contributed by atoms with Gasteiger partial charge in [0.05, 0.1) is 30.6 Å². The van der Waals surface area contributed by atoms with E-state index in [1.807, 2.05) is 12.1 Å². The van der Waals surface area contributed by atoms with Gasteiger partial charge in [-0.2, -0.15) is 0 Å². The standard InChI is InChI=1S/C17H20FN5O2S/c1-12(24)10-19-26(25)16-8-4-14(5-9-16)17-20-22-23(21-17)11-13-2-6-15(18)7-3-13/h2-9,12,19,22,24H,10-11H2,1H3,(H,20,21)/t12-,26?/m0/s1. The lowest BCUT2D eigenvalue weighted by atomic mass is 10.2. The molecule has 1 heterocycles. The van der Waals surface area contributed by atoms with Crippen molar-refractivity contribution in [1.29, 1.82) is 0 Å². The third kappa shape index (κ3) is 4.93. The van der Waals surface area contributed by atoms with Crippen molar-refractivity contribution in [3.05, 3.63) is 65.5 Å². The van der Waals surface area contributed by atoms with Gasteiger partial charge in [-0.15, -0.1) is 15.4 Å². The fourth-order valence-corrected chi connectivity index (χ4v) is 3.21. The van der Waals surface area contributed by atoms with E-state index in [4.69, 9.17) is 0 Å². The molecule has 3 rings (SSSR count). The zero-order valence-corrected chi connectivity index (χ0v) is 15.0. The lowest BCUT2D eigenvalue weighted by Crippen LogP contribution is -2.38. The summed E-state index contributed by atoms with van der Waals surface area (Å²) < 4.78 is 27.8. The molecule has 2 aromatic rings. The first-order valence-electron chi connectivity index (χ1n) is 8.07. The first kappa shape index (κ1) is 18.6. The molecule has 1 unspecified atom stereocenters. The Morgan fingerprint density at radius 1 is 1.23 bits per heavy atom. The monoisotopic (exact) mass is 377 g/mol. The van der Waals surface area contributed by atoms with Gasteiger partial charge >= 0.3 is 0 Å². The van der Waals surface area contributed by atoms with Gasteiger partial charge in [0.2, 0.25) is 0 Å². The quantitative estimate of drug-likeness (QED) is 0.538. The summed E-state index contributed by atoms with van der Waals surface area (Å²) in [6.45, 7) is 2.36. The Labute approximate surface area is 154 Å². The van der Waals surface area contributed by atoms with E-state index in [1.54, 1.807) is 36.3 Å². The normalized spacial score (nSPS) is 16.2. The van der Waals surface area contributed by atoms with Crippen LogP contribution in [0.3, 0.4) is 0 Å². The fourth-order valence-electron chi connectivity index (χ4n) is 2.27. The van der Waals surface area contributed by atoms with Crippen LogP contribution >= 0.6 is 0 Å². The maximum atomic E-state index is 13.0. The Morgan fingerprint density at radius 3 is 2.58 bits per heavy atom. The number of nitrogens with one attached hydrogen (secondary N) is 3. The number of halogens is 1. The number of aliphatic hydroxyl groups is 1. The highest BCUT2D eigenvalue weighted by Crippen LogP contribution is 2.13. The molecule has 138 valence electrons. The molecule has 0 amide bonds. The summed E-state index contributed by atoms with van der Waals surface area (Å²) in [5.41, 5.74) is 7.64. The number of hydrazone groups is 1. The largest absolute Gasteiger partial charge is 0.593 e. The zero-order valence-electron chi connectivity index (χ0n) is 14.1. The third-order valence-electron chi connectivity index (χ3n) is 3.62. The molecular formula is C17H20FN5O2S. The molecule has 1 aliphatic heterocycles. The molecule has 0 aliphatic carbocycles. The molecule has 26 heavy (non-hydrogen) atoms. The molecule has 0 spiro atoms. The number of hydrogen-bond donors (Lipinski definition) is 4. The Kier molecular flexibility index (Phi) is 6.07. The van der Waals surface area contributed by atoms with E-state index in [0.29, 0.717) is 17.3 Å². The van der Waals surface area contributed by atoms with Crippen LogP contribution in [0.15, 0.2) is 58.5 Å². The zero-order chi connectivity index (χ0) is 18.5. The van der Waals surface area contributed by atoms with E-state index in [-0.39, 0.29) is 12.4 Å². The van der Waals surface area contributed by atoms with Gasteiger partial charge in [0.1, 0.15) is 5.82 Å². The number of hydrazine groups is 2. The smallest absolute Gasteiger partial charge is 0.173 e. The van der Waals surface area contributed by atoms with Gasteiger partial charge in [0.15, 0.2) is 10.7 Å². The summed E-state index contributed by atoms with van der Waals surface area (Å²) in [5.74, 6) is 0.354. The Balaban J connectivity index is 1.61. The molecule has 4 N–H and O–H groups in total. The predicted octanol–water partition coefficient (Wildman–Crippen LogP) is 1.01. The molecule has 0 saturated carbocycles. The second-order valence-corrected chi connectivity index (χ2v) is 7.16. The minimum Gasteiger partial charge on any atom is -0.593 e. The number of hydrogen-bond acceptors (Lipinski definition) is 7. The van der Waals surface area contributed by atoms with Crippen molar-refractivity contribution in [3.8, 4) is 0 Å². The van der Waals surface area contributed by atoms with Crippen molar-refractivity contribution in [2.45, 2.75) is 24.5 Å². The van der Waals surface area contributed by atoms with Crippen LogP contribution in [0.4, 0.5) is 4.39 Å². The van der Waals surface area contributed by atoms with Crippen molar-refractivity contribution in [3.63, 3.8) is 0 Å². The van der Waals surface area contributed by atoms with Gasteiger partial charge in [0, 0.05) is 5.56 Å². The van der Waals surface area contributed by atoms with Crippen LogP contribution in [-0.2, 0) is 17.9 Å². The van der Waals surface area contributed by atoms with Crippen LogP contribution < -0.4 is 15.7 Å². The Morgan fingerprint density at radius 2 is 1.92 bits per heavy atom. The summed E-state index contributed by atoms with van der Waals surface area (Å²) in [5, 5.41) is 15.3. The Hall–Kier alpha value is -2.17. The number of benzene rings is 2. The minimum absolute atomic E-state index is 0.255. The summed E-state index contributed by atoms with van der Waals surface area (Å²) in [7, 11) is 0. The van der Waals surface area contributed by atoms with Crippen molar-refractivity contribution < 1.29 is 14.0 Å². The molecule has 9 heteroatoms. The lowest BCUT2D eigenvalue weighted by Gasteiger charge is -2.12. The number of aliphatic hydroxyl groups excluding tert-OH is 1. The van der Waals surface area contributed by atoms with E-state index < -0.39 is 17.5 Å². The molecule has 2 aromatic carbocycles. The second kappa shape index (κ2) is 8.47. The number of amidine groups is 1. The van der Waals surface area contributed by atoms with Gasteiger partial charge in [-0.05, 0) is 48.9 Å². The van der Waals surface area contributed by atoms with Crippen LogP contribution in [0.5, 0.6) is 0 Å². The van der Waals surface area contributed by atoms with Gasteiger partial charge in [0.25, 0.3) is 0 Å². The fraction of sp³-hybridized carbons (Fsp3) is 0.235. The topological polar surface area (TPSA) is 95.0 Å². The summed E-state index contributed by atoms with van der Waals surface area (Å²) in [6.07, 6.45) is -0.562. The highest BCUT2D eigenvalue weighted by atomic mass is 32.2. The first-order chi connectivity index (χ1) is 12.5. The van der Waals surface area contributed by atoms with E-state index in [9.17, 15) is 14.0 Å². The van der Waals surface area contributed by atoms with Crippen LogP contribution in [0, 0.1) is 5.82 Å². The van der Waals surface area contributed by atoms with Gasteiger partial charge < -0.3 is 9.66 Å².